The summed E-state index contributed by atoms with van der Waals surface area (Å²) in [5.74, 6) is -1.05. The van der Waals surface area contributed by atoms with Gasteiger partial charge in [0.1, 0.15) is 22.9 Å². The van der Waals surface area contributed by atoms with Crippen molar-refractivity contribution >= 4 is 33.1 Å². The van der Waals surface area contributed by atoms with Gasteiger partial charge in [-0.1, -0.05) is 18.2 Å². The summed E-state index contributed by atoms with van der Waals surface area (Å²) in [5, 5.41) is 1.70. The number of piperazine rings is 1. The maximum Gasteiger partial charge on any atom is 0.332 e. The minimum Gasteiger partial charge on any atom is -0.368 e. The van der Waals surface area contributed by atoms with E-state index >= 15 is 0 Å². The summed E-state index contributed by atoms with van der Waals surface area (Å²) in [6.07, 6.45) is 0. The normalized spacial score (nSPS) is 14.0. The molecule has 0 spiro atoms. The standard InChI is InChI=1S/C25H22F2N4O3S/c26-18-5-7-19(8-6-18)28-10-12-29(13-11-28)22(32)16-30-21-9-14-35-23(21)24(33)31(25(30)34)15-17-3-1-2-4-20(17)27/h1-9,14H,10-13,15-16H2. The average molecular weight is 497 g/mol. The fraction of sp³-hybridized carbons (Fsp3) is 0.240. The highest BCUT2D eigenvalue weighted by Gasteiger charge is 2.24. The molecule has 0 aliphatic carbocycles. The Balaban J connectivity index is 1.38. The number of thiophene rings is 1. The Bertz CT molecular complexity index is 1500. The number of carbonyl (C=O) groups excluding carboxylic acids is 1. The molecule has 0 unspecified atom stereocenters. The lowest BCUT2D eigenvalue weighted by atomic mass is 10.2. The van der Waals surface area contributed by atoms with E-state index in [1.807, 2.05) is 0 Å². The summed E-state index contributed by atoms with van der Waals surface area (Å²) in [6.45, 7) is 1.61. The van der Waals surface area contributed by atoms with Crippen LogP contribution in [0.25, 0.3) is 10.2 Å². The number of rotatable bonds is 5. The largest absolute Gasteiger partial charge is 0.368 e. The van der Waals surface area contributed by atoms with Crippen molar-refractivity contribution in [1.29, 1.82) is 0 Å². The Hall–Kier alpha value is -3.79. The van der Waals surface area contributed by atoms with Crippen LogP contribution in [-0.2, 0) is 17.9 Å². The van der Waals surface area contributed by atoms with Crippen LogP contribution in [0.15, 0.2) is 69.6 Å². The number of carbonyl (C=O) groups is 1. The van der Waals surface area contributed by atoms with Crippen LogP contribution < -0.4 is 16.1 Å². The zero-order valence-electron chi connectivity index (χ0n) is 18.7. The Morgan fingerprint density at radius 1 is 0.886 bits per heavy atom. The Labute approximate surface area is 203 Å². The van der Waals surface area contributed by atoms with E-state index in [2.05, 4.69) is 4.90 Å². The number of nitrogens with zero attached hydrogens (tertiary/aromatic N) is 4. The van der Waals surface area contributed by atoms with E-state index in [4.69, 9.17) is 0 Å². The van der Waals surface area contributed by atoms with Crippen molar-refractivity contribution in [1.82, 2.24) is 14.0 Å². The molecule has 3 heterocycles. The van der Waals surface area contributed by atoms with Gasteiger partial charge in [-0.25, -0.2) is 13.6 Å². The minimum absolute atomic E-state index is 0.220. The topological polar surface area (TPSA) is 67.5 Å². The summed E-state index contributed by atoms with van der Waals surface area (Å²) in [6, 6.07) is 13.8. The molecule has 7 nitrogen and oxygen atoms in total. The molecule has 0 saturated carbocycles. The lowest BCUT2D eigenvalue weighted by Crippen LogP contribution is -2.50. The molecule has 1 fully saturated rings. The molecule has 2 aromatic heterocycles. The van der Waals surface area contributed by atoms with Crippen molar-refractivity contribution < 1.29 is 13.6 Å². The van der Waals surface area contributed by atoms with Crippen LogP contribution in [0.2, 0.25) is 0 Å². The number of benzene rings is 2. The molecule has 1 amide bonds. The molecule has 5 rings (SSSR count). The van der Waals surface area contributed by atoms with Crippen molar-refractivity contribution in [2.45, 2.75) is 13.1 Å². The number of amides is 1. The van der Waals surface area contributed by atoms with E-state index < -0.39 is 17.1 Å². The molecule has 0 atom stereocenters. The first-order valence-electron chi connectivity index (χ1n) is 11.1. The summed E-state index contributed by atoms with van der Waals surface area (Å²) in [7, 11) is 0. The number of halogens is 2. The number of fused-ring (bicyclic) bond motifs is 1. The van der Waals surface area contributed by atoms with Gasteiger partial charge in [-0.2, -0.15) is 0 Å². The van der Waals surface area contributed by atoms with Crippen molar-refractivity contribution in [3.05, 3.63) is 98.0 Å². The second-order valence-electron chi connectivity index (χ2n) is 8.33. The van der Waals surface area contributed by atoms with Crippen LogP contribution in [0.5, 0.6) is 0 Å². The molecule has 1 aliphatic rings. The average Bonchev–Trinajstić information content (AvgIpc) is 3.36. The van der Waals surface area contributed by atoms with Crippen LogP contribution in [0.1, 0.15) is 5.56 Å². The van der Waals surface area contributed by atoms with Gasteiger partial charge in [0.2, 0.25) is 5.91 Å². The van der Waals surface area contributed by atoms with Gasteiger partial charge in [-0.05, 0) is 41.8 Å². The zero-order valence-corrected chi connectivity index (χ0v) is 19.5. The monoisotopic (exact) mass is 496 g/mol. The van der Waals surface area contributed by atoms with Gasteiger partial charge in [0.05, 0.1) is 12.1 Å². The second-order valence-corrected chi connectivity index (χ2v) is 9.25. The molecule has 0 bridgehead atoms. The zero-order chi connectivity index (χ0) is 24.5. The maximum absolute atomic E-state index is 14.2. The van der Waals surface area contributed by atoms with E-state index in [0.29, 0.717) is 36.4 Å². The summed E-state index contributed by atoms with van der Waals surface area (Å²) in [4.78, 5) is 43.2. The third kappa shape index (κ3) is 4.49. The van der Waals surface area contributed by atoms with Gasteiger partial charge >= 0.3 is 5.69 Å². The maximum atomic E-state index is 14.2. The van der Waals surface area contributed by atoms with Crippen molar-refractivity contribution in [2.75, 3.05) is 31.1 Å². The van der Waals surface area contributed by atoms with E-state index in [1.54, 1.807) is 34.5 Å². The van der Waals surface area contributed by atoms with Crippen LogP contribution in [0.4, 0.5) is 14.5 Å². The third-order valence-corrected chi connectivity index (χ3v) is 7.13. The molecule has 180 valence electrons. The molecule has 0 N–H and O–H groups in total. The van der Waals surface area contributed by atoms with E-state index in [0.717, 1.165) is 10.3 Å². The minimum atomic E-state index is -0.651. The van der Waals surface area contributed by atoms with Crippen molar-refractivity contribution in [2.24, 2.45) is 0 Å². The first-order chi connectivity index (χ1) is 16.9. The van der Waals surface area contributed by atoms with Gasteiger partial charge < -0.3 is 9.80 Å². The van der Waals surface area contributed by atoms with E-state index in [-0.39, 0.29) is 30.4 Å². The number of hydrogen-bond acceptors (Lipinski definition) is 5. The van der Waals surface area contributed by atoms with Gasteiger partial charge in [0, 0.05) is 37.4 Å². The predicted molar refractivity (Wildman–Crippen MR) is 131 cm³/mol. The molecular formula is C25H22F2N4O3S. The second kappa shape index (κ2) is 9.46. The van der Waals surface area contributed by atoms with Crippen LogP contribution in [0, 0.1) is 11.6 Å². The van der Waals surface area contributed by atoms with E-state index in [9.17, 15) is 23.2 Å². The van der Waals surface area contributed by atoms with E-state index in [1.165, 1.54) is 46.2 Å². The van der Waals surface area contributed by atoms with Gasteiger partial charge in [-0.3, -0.25) is 18.7 Å². The number of anilines is 1. The fourth-order valence-corrected chi connectivity index (χ4v) is 5.17. The molecule has 4 aromatic rings. The van der Waals surface area contributed by atoms with Gasteiger partial charge in [-0.15, -0.1) is 11.3 Å². The quantitative estimate of drug-likeness (QED) is 0.426. The van der Waals surface area contributed by atoms with Crippen LogP contribution >= 0.6 is 11.3 Å². The summed E-state index contributed by atoms with van der Waals surface area (Å²) < 4.78 is 30.0. The molecular weight excluding hydrogens is 474 g/mol. The summed E-state index contributed by atoms with van der Waals surface area (Å²) >= 11 is 1.18. The first kappa shape index (κ1) is 23.0. The Kier molecular flexibility index (Phi) is 6.21. The highest BCUT2D eigenvalue weighted by molar-refractivity contribution is 7.17. The molecule has 0 radical (unpaired) electrons. The first-order valence-corrected chi connectivity index (χ1v) is 12.0. The highest BCUT2D eigenvalue weighted by Crippen LogP contribution is 2.19. The molecule has 10 heteroatoms. The Morgan fingerprint density at radius 2 is 1.60 bits per heavy atom. The van der Waals surface area contributed by atoms with Gasteiger partial charge in [0.15, 0.2) is 0 Å². The molecule has 1 saturated heterocycles. The van der Waals surface area contributed by atoms with Crippen LogP contribution in [0.3, 0.4) is 0 Å². The van der Waals surface area contributed by atoms with Crippen molar-refractivity contribution in [3.63, 3.8) is 0 Å². The molecule has 35 heavy (non-hydrogen) atoms. The highest BCUT2D eigenvalue weighted by atomic mass is 32.1. The third-order valence-electron chi connectivity index (χ3n) is 6.24. The summed E-state index contributed by atoms with van der Waals surface area (Å²) in [5.41, 5.74) is 0.350. The van der Waals surface area contributed by atoms with Crippen LogP contribution in [-0.4, -0.2) is 46.1 Å². The number of aromatic nitrogens is 2. The number of hydrogen-bond donors (Lipinski definition) is 0. The SMILES string of the molecule is O=C(Cn1c(=O)n(Cc2ccccc2F)c(=O)c2sccc21)N1CCN(c2ccc(F)cc2)CC1. The molecule has 2 aromatic carbocycles. The van der Waals surface area contributed by atoms with Gasteiger partial charge in [0.25, 0.3) is 5.56 Å². The van der Waals surface area contributed by atoms with Crippen molar-refractivity contribution in [3.8, 4) is 0 Å². The molecule has 1 aliphatic heterocycles. The fourth-order valence-electron chi connectivity index (χ4n) is 4.32. The predicted octanol–water partition coefficient (Wildman–Crippen LogP) is 2.90. The lowest BCUT2D eigenvalue weighted by molar-refractivity contribution is -0.132. The smallest absolute Gasteiger partial charge is 0.332 e. The lowest BCUT2D eigenvalue weighted by Gasteiger charge is -2.36. The Morgan fingerprint density at radius 3 is 2.31 bits per heavy atom.